The van der Waals surface area contributed by atoms with Crippen molar-refractivity contribution in [1.82, 2.24) is 0 Å². The fourth-order valence-electron chi connectivity index (χ4n) is 4.48. The van der Waals surface area contributed by atoms with Gasteiger partial charge in [0.25, 0.3) is 0 Å². The number of ketones is 1. The van der Waals surface area contributed by atoms with Gasteiger partial charge in [-0.1, -0.05) is 20.3 Å². The van der Waals surface area contributed by atoms with Crippen LogP contribution in [0.4, 0.5) is 0 Å². The molecule has 146 valence electrons. The zero-order valence-corrected chi connectivity index (χ0v) is 16.7. The summed E-state index contributed by atoms with van der Waals surface area (Å²) >= 11 is 0. The topological polar surface area (TPSA) is 65.7 Å². The normalized spacial score (nSPS) is 23.1. The molecule has 0 radical (unpaired) electrons. The number of benzene rings is 1. The van der Waals surface area contributed by atoms with Crippen molar-refractivity contribution in [2.24, 2.45) is 5.92 Å². The molecule has 0 amide bonds. The van der Waals surface area contributed by atoms with E-state index in [-0.39, 0.29) is 11.7 Å². The third-order valence-corrected chi connectivity index (χ3v) is 6.23. The maximum absolute atomic E-state index is 13.4. The Bertz CT molecular complexity index is 1110. The summed E-state index contributed by atoms with van der Waals surface area (Å²) < 4.78 is 18.4. The van der Waals surface area contributed by atoms with Crippen molar-refractivity contribution in [2.45, 2.75) is 64.6 Å². The fraction of sp³-hybridized carbons (Fsp3) is 0.478. The van der Waals surface area contributed by atoms with E-state index < -0.39 is 16.8 Å². The molecule has 0 saturated heterocycles. The molecule has 1 fully saturated rings. The number of hydrogen-bond donors (Lipinski definition) is 0. The first-order valence-electron chi connectivity index (χ1n) is 10.0. The Morgan fingerprint density at radius 2 is 1.89 bits per heavy atom. The van der Waals surface area contributed by atoms with Crippen LogP contribution < -0.4 is 15.1 Å². The Balaban J connectivity index is 1.93. The van der Waals surface area contributed by atoms with Crippen molar-refractivity contribution in [1.29, 1.82) is 0 Å². The molecule has 28 heavy (non-hydrogen) atoms. The third-order valence-electron chi connectivity index (χ3n) is 6.23. The minimum atomic E-state index is -0.503. The van der Waals surface area contributed by atoms with Gasteiger partial charge in [0.1, 0.15) is 28.3 Å². The van der Waals surface area contributed by atoms with Crippen molar-refractivity contribution in [3.8, 4) is 11.5 Å². The van der Waals surface area contributed by atoms with E-state index in [2.05, 4.69) is 6.92 Å². The van der Waals surface area contributed by atoms with Gasteiger partial charge in [-0.25, -0.2) is 4.79 Å². The number of fused-ring (bicyclic) bond motifs is 6. The Hall–Kier alpha value is -2.56. The van der Waals surface area contributed by atoms with E-state index in [0.717, 1.165) is 35.8 Å². The molecule has 0 bridgehead atoms. The first-order valence-corrected chi connectivity index (χ1v) is 10.0. The van der Waals surface area contributed by atoms with Crippen LogP contribution in [0.3, 0.4) is 0 Å². The second-order valence-corrected chi connectivity index (χ2v) is 8.78. The zero-order valence-electron chi connectivity index (χ0n) is 16.7. The number of rotatable bonds is 2. The van der Waals surface area contributed by atoms with Crippen LogP contribution in [-0.2, 0) is 6.42 Å². The van der Waals surface area contributed by atoms with Gasteiger partial charge < -0.3 is 13.9 Å². The molecule has 5 rings (SSSR count). The molecule has 1 spiro atoms. The van der Waals surface area contributed by atoms with Crippen LogP contribution in [0, 0.1) is 5.92 Å². The summed E-state index contributed by atoms with van der Waals surface area (Å²) in [6.07, 6.45) is 7.26. The maximum atomic E-state index is 13.4. The van der Waals surface area contributed by atoms with Gasteiger partial charge >= 0.3 is 5.63 Å². The first kappa shape index (κ1) is 17.5. The van der Waals surface area contributed by atoms with Gasteiger partial charge in [-0.2, -0.15) is 0 Å². The molecule has 0 unspecified atom stereocenters. The van der Waals surface area contributed by atoms with Crippen LogP contribution in [0.2, 0.25) is 0 Å². The number of aryl methyl sites for hydroxylation is 1. The minimum absolute atomic E-state index is 0.0124. The molecule has 1 saturated carbocycles. The van der Waals surface area contributed by atoms with Gasteiger partial charge in [0, 0.05) is 6.07 Å². The number of hydrogen-bond acceptors (Lipinski definition) is 5. The molecular weight excluding hydrogens is 356 g/mol. The molecule has 3 heterocycles. The Kier molecular flexibility index (Phi) is 3.44. The lowest BCUT2D eigenvalue weighted by molar-refractivity contribution is 0.0615. The average molecular weight is 380 g/mol. The number of carbonyl (C=O) groups excluding carboxylic acids is 1. The fourth-order valence-corrected chi connectivity index (χ4v) is 4.48. The van der Waals surface area contributed by atoms with E-state index in [0.29, 0.717) is 29.1 Å². The first-order chi connectivity index (χ1) is 13.3. The highest BCUT2D eigenvalue weighted by atomic mass is 16.5. The Morgan fingerprint density at radius 3 is 2.57 bits per heavy atom. The van der Waals surface area contributed by atoms with E-state index in [4.69, 9.17) is 13.9 Å². The quantitative estimate of drug-likeness (QED) is 0.708. The smallest absolute Gasteiger partial charge is 0.336 e. The highest BCUT2D eigenvalue weighted by Crippen LogP contribution is 2.56. The lowest BCUT2D eigenvalue weighted by atomic mass is 9.84. The number of carbonyl (C=O) groups is 1. The van der Waals surface area contributed by atoms with Crippen molar-refractivity contribution >= 4 is 22.8 Å². The van der Waals surface area contributed by atoms with E-state index in [1.807, 2.05) is 32.9 Å². The number of Topliss-reactive ketones (excluding diaryl/α,β-unsaturated/α-hetero) is 1. The summed E-state index contributed by atoms with van der Waals surface area (Å²) in [5.41, 5.74) is 0.955. The Morgan fingerprint density at radius 1 is 1.14 bits per heavy atom. The summed E-state index contributed by atoms with van der Waals surface area (Å²) in [6, 6.07) is 1.52. The van der Waals surface area contributed by atoms with Crippen LogP contribution in [0.1, 0.15) is 68.4 Å². The van der Waals surface area contributed by atoms with E-state index in [1.54, 1.807) is 0 Å². The minimum Gasteiger partial charge on any atom is -0.485 e. The molecule has 2 aliphatic heterocycles. The second-order valence-electron chi connectivity index (χ2n) is 8.78. The predicted octanol–water partition coefficient (Wildman–Crippen LogP) is 4.67. The van der Waals surface area contributed by atoms with E-state index in [9.17, 15) is 9.59 Å². The zero-order chi connectivity index (χ0) is 19.8. The SMILES string of the molecule is CCCc1cc(=O)oc2c3c(c4c(c12)OC(C)(C)C=C4)OC1(CC1)[C@@H](C)C3=O. The van der Waals surface area contributed by atoms with Gasteiger partial charge in [-0.3, -0.25) is 4.79 Å². The molecule has 1 atom stereocenters. The molecular formula is C23H24O5. The summed E-state index contributed by atoms with van der Waals surface area (Å²) in [7, 11) is 0. The molecule has 3 aliphatic rings. The van der Waals surface area contributed by atoms with Crippen LogP contribution in [0.5, 0.6) is 11.5 Å². The average Bonchev–Trinajstić information content (AvgIpc) is 3.39. The summed E-state index contributed by atoms with van der Waals surface area (Å²) in [4.78, 5) is 25.7. The summed E-state index contributed by atoms with van der Waals surface area (Å²) in [5, 5.41) is 0.725. The van der Waals surface area contributed by atoms with Gasteiger partial charge in [0.05, 0.1) is 16.9 Å². The standard InChI is InChI=1S/C23H24O5/c1-5-6-13-11-15(24)26-21-16(13)19-14(7-8-22(3,4)27-19)20-17(21)18(25)12(2)23(28-20)9-10-23/h7-8,11-12H,5-6,9-10H2,1-4H3/t12-/m0/s1. The summed E-state index contributed by atoms with van der Waals surface area (Å²) in [5.74, 6) is 0.881. The largest absolute Gasteiger partial charge is 0.485 e. The van der Waals surface area contributed by atoms with Crippen LogP contribution in [0.25, 0.3) is 17.0 Å². The molecule has 1 aliphatic carbocycles. The van der Waals surface area contributed by atoms with Crippen molar-refractivity contribution in [3.05, 3.63) is 39.3 Å². The van der Waals surface area contributed by atoms with Crippen LogP contribution >= 0.6 is 0 Å². The third kappa shape index (κ3) is 2.31. The maximum Gasteiger partial charge on any atom is 0.336 e. The number of ether oxygens (including phenoxy) is 2. The monoisotopic (exact) mass is 380 g/mol. The second kappa shape index (κ2) is 5.49. The Labute approximate surface area is 163 Å². The molecule has 2 aromatic rings. The molecule has 5 heteroatoms. The molecule has 1 aromatic heterocycles. The van der Waals surface area contributed by atoms with Gasteiger partial charge in [-0.15, -0.1) is 0 Å². The van der Waals surface area contributed by atoms with Crippen molar-refractivity contribution in [2.75, 3.05) is 0 Å². The molecule has 5 nitrogen and oxygen atoms in total. The highest BCUT2D eigenvalue weighted by molar-refractivity contribution is 6.14. The van der Waals surface area contributed by atoms with Crippen molar-refractivity contribution < 1.29 is 18.7 Å². The van der Waals surface area contributed by atoms with Gasteiger partial charge in [0.2, 0.25) is 0 Å². The van der Waals surface area contributed by atoms with Gasteiger partial charge in [-0.05, 0) is 50.8 Å². The van der Waals surface area contributed by atoms with E-state index >= 15 is 0 Å². The molecule has 1 aromatic carbocycles. The molecule has 0 N–H and O–H groups in total. The highest BCUT2D eigenvalue weighted by Gasteiger charge is 2.57. The van der Waals surface area contributed by atoms with Gasteiger partial charge in [0.15, 0.2) is 11.4 Å². The summed E-state index contributed by atoms with van der Waals surface area (Å²) in [6.45, 7) is 7.93. The lowest BCUT2D eigenvalue weighted by Crippen LogP contribution is -2.39. The van der Waals surface area contributed by atoms with Crippen LogP contribution in [0.15, 0.2) is 21.4 Å². The lowest BCUT2D eigenvalue weighted by Gasteiger charge is -2.36. The van der Waals surface area contributed by atoms with E-state index in [1.165, 1.54) is 6.07 Å². The van der Waals surface area contributed by atoms with Crippen molar-refractivity contribution in [3.63, 3.8) is 0 Å². The van der Waals surface area contributed by atoms with Crippen LogP contribution in [-0.4, -0.2) is 17.0 Å². The predicted molar refractivity (Wildman–Crippen MR) is 106 cm³/mol.